The molecule has 0 bridgehead atoms. The number of nitrogens with two attached hydrogens (primary N) is 1. The molecule has 1 aliphatic rings. The van der Waals surface area contributed by atoms with Gasteiger partial charge in [0.25, 0.3) is 0 Å². The molecule has 1 fully saturated rings. The lowest BCUT2D eigenvalue weighted by molar-refractivity contribution is 0.132. The Labute approximate surface area is 101 Å². The summed E-state index contributed by atoms with van der Waals surface area (Å²) >= 11 is 0. The van der Waals surface area contributed by atoms with Crippen molar-refractivity contribution in [3.05, 3.63) is 0 Å². The Morgan fingerprint density at radius 3 is 2.71 bits per heavy atom. The van der Waals surface area contributed by atoms with Crippen LogP contribution in [0.3, 0.4) is 0 Å². The third-order valence-corrected chi connectivity index (χ3v) is 3.05. The average molecular weight is 243 g/mol. The number of likely N-dealkylation sites (tertiary alicyclic amines) is 1. The van der Waals surface area contributed by atoms with Crippen LogP contribution in [-0.4, -0.2) is 43.3 Å². The summed E-state index contributed by atoms with van der Waals surface area (Å²) in [7, 11) is 1.33. The lowest BCUT2D eigenvalue weighted by atomic mass is 9.91. The molecule has 0 spiro atoms. The maximum atomic E-state index is 11.2. The van der Waals surface area contributed by atoms with Crippen LogP contribution in [0, 0.1) is 5.92 Å². The number of hydrogen-bond acceptors (Lipinski definition) is 3. The Kier molecular flexibility index (Phi) is 5.06. The van der Waals surface area contributed by atoms with Gasteiger partial charge in [-0.15, -0.1) is 0 Å². The van der Waals surface area contributed by atoms with Crippen LogP contribution in [0.5, 0.6) is 0 Å². The first-order valence-corrected chi connectivity index (χ1v) is 5.95. The van der Waals surface area contributed by atoms with Crippen LogP contribution in [0.2, 0.25) is 0 Å². The van der Waals surface area contributed by atoms with Gasteiger partial charge in [-0.05, 0) is 18.8 Å². The minimum absolute atomic E-state index is 0.0692. The number of nitrogens with zero attached hydrogens (tertiary/aromatic N) is 1. The van der Waals surface area contributed by atoms with Crippen LogP contribution in [0.25, 0.3) is 0 Å². The van der Waals surface area contributed by atoms with Gasteiger partial charge < -0.3 is 20.7 Å². The van der Waals surface area contributed by atoms with Gasteiger partial charge in [0.15, 0.2) is 0 Å². The van der Waals surface area contributed by atoms with E-state index in [0.717, 1.165) is 19.3 Å². The van der Waals surface area contributed by atoms with Crippen LogP contribution < -0.4 is 11.1 Å². The summed E-state index contributed by atoms with van der Waals surface area (Å²) in [5, 5.41) is 2.73. The number of methoxy groups -OCH3 is 1. The van der Waals surface area contributed by atoms with E-state index in [1.807, 2.05) is 0 Å². The zero-order chi connectivity index (χ0) is 12.8. The summed E-state index contributed by atoms with van der Waals surface area (Å²) in [6, 6.07) is -0.497. The molecule has 0 aromatic rings. The molecule has 2 unspecified atom stereocenters. The third-order valence-electron chi connectivity index (χ3n) is 3.05. The van der Waals surface area contributed by atoms with Gasteiger partial charge in [-0.3, -0.25) is 0 Å². The van der Waals surface area contributed by atoms with Gasteiger partial charge in [-0.2, -0.15) is 0 Å². The number of rotatable bonds is 3. The Hall–Kier alpha value is -1.46. The molecule has 1 heterocycles. The molecule has 0 saturated carbocycles. The number of carbonyl (C=O) groups excluding carboxylic acids is 2. The van der Waals surface area contributed by atoms with E-state index in [1.165, 1.54) is 7.11 Å². The van der Waals surface area contributed by atoms with Crippen molar-refractivity contribution >= 4 is 12.1 Å². The predicted octanol–water partition coefficient (Wildman–Crippen LogP) is 0.912. The van der Waals surface area contributed by atoms with E-state index in [4.69, 9.17) is 5.73 Å². The van der Waals surface area contributed by atoms with Crippen molar-refractivity contribution in [3.8, 4) is 0 Å². The van der Waals surface area contributed by atoms with Crippen molar-refractivity contribution in [2.24, 2.45) is 11.7 Å². The lowest BCUT2D eigenvalue weighted by Gasteiger charge is -2.36. The zero-order valence-corrected chi connectivity index (χ0v) is 10.4. The Morgan fingerprint density at radius 2 is 2.18 bits per heavy atom. The number of primary amides is 1. The van der Waals surface area contributed by atoms with E-state index in [-0.39, 0.29) is 6.04 Å². The van der Waals surface area contributed by atoms with Crippen LogP contribution >= 0.6 is 0 Å². The van der Waals surface area contributed by atoms with Crippen LogP contribution in [0.1, 0.15) is 26.2 Å². The van der Waals surface area contributed by atoms with E-state index in [2.05, 4.69) is 17.0 Å². The first kappa shape index (κ1) is 13.6. The molecule has 3 N–H and O–H groups in total. The van der Waals surface area contributed by atoms with Gasteiger partial charge in [-0.1, -0.05) is 13.3 Å². The molecule has 98 valence electrons. The molecule has 0 aromatic carbocycles. The van der Waals surface area contributed by atoms with E-state index in [0.29, 0.717) is 19.0 Å². The molecule has 0 aliphatic carbocycles. The minimum atomic E-state index is -0.462. The Morgan fingerprint density at radius 1 is 1.47 bits per heavy atom. The van der Waals surface area contributed by atoms with Crippen LogP contribution in [0.4, 0.5) is 9.59 Å². The van der Waals surface area contributed by atoms with Crippen LogP contribution in [-0.2, 0) is 4.74 Å². The van der Waals surface area contributed by atoms with Gasteiger partial charge in [0, 0.05) is 13.1 Å². The molecule has 1 aliphatic heterocycles. The molecule has 1 rings (SSSR count). The summed E-state index contributed by atoms with van der Waals surface area (Å²) < 4.78 is 4.56. The molecule has 2 atom stereocenters. The van der Waals surface area contributed by atoms with Crippen molar-refractivity contribution in [3.63, 3.8) is 0 Å². The van der Waals surface area contributed by atoms with Gasteiger partial charge in [0.1, 0.15) is 0 Å². The molecule has 3 amide bonds. The second-order valence-electron chi connectivity index (χ2n) is 4.47. The molecule has 17 heavy (non-hydrogen) atoms. The van der Waals surface area contributed by atoms with E-state index in [1.54, 1.807) is 4.90 Å². The van der Waals surface area contributed by atoms with E-state index in [9.17, 15) is 9.59 Å². The fourth-order valence-electron chi connectivity index (χ4n) is 2.33. The number of hydrogen-bond donors (Lipinski definition) is 2. The molecule has 0 aromatic heterocycles. The number of ether oxygens (including phenoxy) is 1. The number of piperidine rings is 1. The normalized spacial score (nSPS) is 24.2. The first-order chi connectivity index (χ1) is 8.06. The monoisotopic (exact) mass is 243 g/mol. The first-order valence-electron chi connectivity index (χ1n) is 5.95. The van der Waals surface area contributed by atoms with Crippen molar-refractivity contribution in [1.82, 2.24) is 10.2 Å². The highest BCUT2D eigenvalue weighted by molar-refractivity contribution is 5.72. The third kappa shape index (κ3) is 4.13. The molecule has 6 heteroatoms. The highest BCUT2D eigenvalue weighted by atomic mass is 16.5. The van der Waals surface area contributed by atoms with E-state index < -0.39 is 12.1 Å². The summed E-state index contributed by atoms with van der Waals surface area (Å²) in [5.41, 5.74) is 5.29. The Balaban J connectivity index is 2.58. The maximum Gasteiger partial charge on any atom is 0.407 e. The molecule has 6 nitrogen and oxygen atoms in total. The minimum Gasteiger partial charge on any atom is -0.453 e. The number of alkyl carbamates (subject to hydrolysis) is 1. The fourth-order valence-corrected chi connectivity index (χ4v) is 2.33. The lowest BCUT2D eigenvalue weighted by Crippen LogP contribution is -2.53. The topological polar surface area (TPSA) is 84.7 Å². The highest BCUT2D eigenvalue weighted by Crippen LogP contribution is 2.21. The predicted molar refractivity (Wildman–Crippen MR) is 63.5 cm³/mol. The number of urea groups is 1. The van der Waals surface area contributed by atoms with Gasteiger partial charge in [-0.25, -0.2) is 9.59 Å². The van der Waals surface area contributed by atoms with Crippen molar-refractivity contribution in [1.29, 1.82) is 0 Å². The number of nitrogens with one attached hydrogen (secondary N) is 1. The quantitative estimate of drug-likeness (QED) is 0.772. The number of carbonyl (C=O) groups is 2. The summed E-state index contributed by atoms with van der Waals surface area (Å²) in [6.45, 7) is 3.25. The largest absolute Gasteiger partial charge is 0.453 e. The summed E-state index contributed by atoms with van der Waals surface area (Å²) in [6.07, 6.45) is 2.49. The van der Waals surface area contributed by atoms with Gasteiger partial charge >= 0.3 is 12.1 Å². The zero-order valence-electron chi connectivity index (χ0n) is 10.4. The summed E-state index contributed by atoms with van der Waals surface area (Å²) in [4.78, 5) is 24.0. The standard InChI is InChI=1S/C11H21N3O3/c1-3-4-8-5-9(13-11(16)17-2)7-14(6-8)10(12)15/h8-9H,3-7H2,1-2H3,(H2,12,15)(H,13,16). The van der Waals surface area contributed by atoms with Crippen molar-refractivity contribution in [2.75, 3.05) is 20.2 Å². The SMILES string of the molecule is CCCC1CC(NC(=O)OC)CN(C(N)=O)C1. The second kappa shape index (κ2) is 6.32. The fraction of sp³-hybridized carbons (Fsp3) is 0.818. The van der Waals surface area contributed by atoms with Gasteiger partial charge in [0.05, 0.1) is 13.2 Å². The molecular formula is C11H21N3O3. The molecule has 1 saturated heterocycles. The summed E-state index contributed by atoms with van der Waals surface area (Å²) in [5.74, 6) is 0.392. The molecule has 0 radical (unpaired) electrons. The smallest absolute Gasteiger partial charge is 0.407 e. The van der Waals surface area contributed by atoms with Crippen molar-refractivity contribution in [2.45, 2.75) is 32.2 Å². The average Bonchev–Trinajstić information content (AvgIpc) is 2.29. The van der Waals surface area contributed by atoms with Crippen LogP contribution in [0.15, 0.2) is 0 Å². The van der Waals surface area contributed by atoms with Gasteiger partial charge in [0.2, 0.25) is 0 Å². The Bertz CT molecular complexity index is 283. The number of amides is 3. The molecular weight excluding hydrogens is 222 g/mol. The highest BCUT2D eigenvalue weighted by Gasteiger charge is 2.29. The maximum absolute atomic E-state index is 11.2. The van der Waals surface area contributed by atoms with E-state index >= 15 is 0 Å². The second-order valence-corrected chi connectivity index (χ2v) is 4.47. The van der Waals surface area contributed by atoms with Crippen molar-refractivity contribution < 1.29 is 14.3 Å².